The van der Waals surface area contributed by atoms with Crippen LogP contribution in [0, 0.1) is 11.3 Å². The number of nitrogens with zero attached hydrogens (tertiary/aromatic N) is 2. The van der Waals surface area contributed by atoms with Crippen LogP contribution in [0.1, 0.15) is 23.6 Å². The molecule has 3 unspecified atom stereocenters. The lowest BCUT2D eigenvalue weighted by Gasteiger charge is -2.27. The molecule has 7 nitrogen and oxygen atoms in total. The zero-order valence-corrected chi connectivity index (χ0v) is 22.5. The van der Waals surface area contributed by atoms with Gasteiger partial charge in [0.1, 0.15) is 11.9 Å². The highest BCUT2D eigenvalue weighted by Crippen LogP contribution is 2.74. The predicted octanol–water partition coefficient (Wildman–Crippen LogP) is 3.79. The van der Waals surface area contributed by atoms with Crippen LogP contribution in [0.2, 0.25) is 0 Å². The van der Waals surface area contributed by atoms with Crippen LogP contribution in [0.25, 0.3) is 0 Å². The van der Waals surface area contributed by atoms with Crippen LogP contribution >= 0.6 is 23.5 Å². The van der Waals surface area contributed by atoms with Gasteiger partial charge in [-0.2, -0.15) is 11.8 Å². The molecule has 1 aliphatic carbocycles. The number of imide groups is 1. The Bertz CT molecular complexity index is 1190. The third-order valence-electron chi connectivity index (χ3n) is 7.08. The molecule has 1 saturated heterocycles. The second-order valence-electron chi connectivity index (χ2n) is 9.11. The zero-order chi connectivity index (χ0) is 25.9. The number of oxime groups is 1. The van der Waals surface area contributed by atoms with Gasteiger partial charge >= 0.3 is 5.97 Å². The smallest absolute Gasteiger partial charge is 0.360 e. The number of thioether (sulfide) groups is 2. The van der Waals surface area contributed by atoms with Gasteiger partial charge in [-0.1, -0.05) is 66.7 Å². The molecule has 36 heavy (non-hydrogen) atoms. The van der Waals surface area contributed by atoms with E-state index in [0.29, 0.717) is 24.3 Å². The molecule has 2 aromatic rings. The van der Waals surface area contributed by atoms with E-state index in [1.807, 2.05) is 61.7 Å². The average Bonchev–Trinajstić information content (AvgIpc) is 3.34. The Balaban J connectivity index is 1.59. The van der Waals surface area contributed by atoms with Gasteiger partial charge in [0.2, 0.25) is 11.8 Å². The fourth-order valence-corrected chi connectivity index (χ4v) is 8.21. The van der Waals surface area contributed by atoms with Gasteiger partial charge in [-0.25, -0.2) is 4.79 Å². The average molecular weight is 527 g/mol. The van der Waals surface area contributed by atoms with Gasteiger partial charge in [0.15, 0.2) is 5.71 Å². The topological polar surface area (TPSA) is 85.3 Å². The first-order chi connectivity index (χ1) is 17.4. The lowest BCUT2D eigenvalue weighted by Crippen LogP contribution is -2.43. The van der Waals surface area contributed by atoms with E-state index in [4.69, 9.17) is 9.57 Å². The van der Waals surface area contributed by atoms with Gasteiger partial charge in [-0.3, -0.25) is 14.5 Å². The maximum atomic E-state index is 13.8. The van der Waals surface area contributed by atoms with Crippen molar-refractivity contribution in [3.8, 4) is 0 Å². The minimum Gasteiger partial charge on any atom is -0.464 e. The Morgan fingerprint density at radius 1 is 1.08 bits per heavy atom. The summed E-state index contributed by atoms with van der Waals surface area (Å²) < 4.78 is 4.07. The summed E-state index contributed by atoms with van der Waals surface area (Å²) in [7, 11) is 2.66. The highest BCUT2D eigenvalue weighted by molar-refractivity contribution is 8.01. The SMILES string of the molecule is CON=C(C(=O)OC)c1ccccc1CSC12C(=O)N(CCc3ccccc3)C(=O)C1C2(C)CSC. The number of benzene rings is 2. The van der Waals surface area contributed by atoms with E-state index in [1.54, 1.807) is 17.8 Å². The number of carbonyl (C=O) groups excluding carboxylic acids is 3. The van der Waals surface area contributed by atoms with Gasteiger partial charge in [0.05, 0.1) is 13.0 Å². The summed E-state index contributed by atoms with van der Waals surface area (Å²) in [4.78, 5) is 46.0. The third-order valence-corrected chi connectivity index (χ3v) is 9.76. The number of rotatable bonds is 11. The summed E-state index contributed by atoms with van der Waals surface area (Å²) in [6.07, 6.45) is 2.63. The molecule has 2 amide bonds. The van der Waals surface area contributed by atoms with Crippen LogP contribution in [-0.4, -0.2) is 65.9 Å². The van der Waals surface area contributed by atoms with Crippen molar-refractivity contribution in [1.29, 1.82) is 0 Å². The summed E-state index contributed by atoms with van der Waals surface area (Å²) in [5.41, 5.74) is 2.13. The predicted molar refractivity (Wildman–Crippen MR) is 143 cm³/mol. The van der Waals surface area contributed by atoms with Crippen LogP contribution in [0.5, 0.6) is 0 Å². The number of piperidine rings is 1. The quantitative estimate of drug-likeness (QED) is 0.191. The van der Waals surface area contributed by atoms with Gasteiger partial charge in [0, 0.05) is 29.0 Å². The Morgan fingerprint density at radius 3 is 2.44 bits per heavy atom. The molecular formula is C27H30N2O5S2. The van der Waals surface area contributed by atoms with Crippen molar-refractivity contribution in [2.24, 2.45) is 16.5 Å². The van der Waals surface area contributed by atoms with Gasteiger partial charge < -0.3 is 9.57 Å². The molecule has 0 radical (unpaired) electrons. The number of carbonyl (C=O) groups is 3. The minimum atomic E-state index is -0.819. The molecule has 1 saturated carbocycles. The fraction of sp³-hybridized carbons (Fsp3) is 0.407. The second kappa shape index (κ2) is 10.7. The van der Waals surface area contributed by atoms with E-state index in [-0.39, 0.29) is 23.4 Å². The largest absolute Gasteiger partial charge is 0.464 e. The van der Waals surface area contributed by atoms with Crippen LogP contribution in [0.4, 0.5) is 0 Å². The molecule has 0 bridgehead atoms. The van der Waals surface area contributed by atoms with Crippen LogP contribution in [-0.2, 0) is 36.1 Å². The van der Waals surface area contributed by atoms with E-state index in [1.165, 1.54) is 30.9 Å². The van der Waals surface area contributed by atoms with Crippen LogP contribution in [0.3, 0.4) is 0 Å². The van der Waals surface area contributed by atoms with Gasteiger partial charge in [-0.15, -0.1) is 11.8 Å². The number of methoxy groups -OCH3 is 1. The Labute approximate surface area is 220 Å². The number of hydrogen-bond acceptors (Lipinski definition) is 8. The summed E-state index contributed by atoms with van der Waals surface area (Å²) >= 11 is 3.15. The van der Waals surface area contributed by atoms with Crippen LogP contribution in [0.15, 0.2) is 59.8 Å². The summed E-state index contributed by atoms with van der Waals surface area (Å²) in [5.74, 6) is 0.000945. The molecule has 4 rings (SSSR count). The van der Waals surface area contributed by atoms with E-state index in [9.17, 15) is 14.4 Å². The molecule has 0 N–H and O–H groups in total. The maximum Gasteiger partial charge on any atom is 0.360 e. The first-order valence-electron chi connectivity index (χ1n) is 11.7. The number of fused-ring (bicyclic) bond motifs is 1. The molecule has 2 aliphatic rings. The summed E-state index contributed by atoms with van der Waals surface area (Å²) in [6, 6.07) is 17.2. The van der Waals surface area contributed by atoms with Crippen molar-refractivity contribution in [3.05, 3.63) is 71.3 Å². The van der Waals surface area contributed by atoms with Crippen molar-refractivity contribution in [3.63, 3.8) is 0 Å². The number of likely N-dealkylation sites (tertiary alicyclic amines) is 1. The molecule has 2 fully saturated rings. The molecule has 3 atom stereocenters. The number of esters is 1. The molecular weight excluding hydrogens is 496 g/mol. The number of hydrogen-bond donors (Lipinski definition) is 0. The highest BCUT2D eigenvalue weighted by atomic mass is 32.2. The van der Waals surface area contributed by atoms with Crippen molar-refractivity contribution >= 4 is 47.0 Å². The molecule has 1 aliphatic heterocycles. The van der Waals surface area contributed by atoms with E-state index < -0.39 is 16.1 Å². The second-order valence-corrected chi connectivity index (χ2v) is 11.2. The van der Waals surface area contributed by atoms with Crippen molar-refractivity contribution in [2.45, 2.75) is 23.8 Å². The summed E-state index contributed by atoms with van der Waals surface area (Å²) in [5, 5.41) is 3.88. The Morgan fingerprint density at radius 2 is 1.78 bits per heavy atom. The molecule has 0 aromatic heterocycles. The van der Waals surface area contributed by atoms with Crippen molar-refractivity contribution in [2.75, 3.05) is 32.8 Å². The Hall–Kier alpha value is -2.78. The lowest BCUT2D eigenvalue weighted by molar-refractivity contribution is -0.142. The standard InChI is InChI=1S/C27H30N2O5S2/c1-26(17-35-4)22-23(30)29(15-14-18-10-6-5-7-11-18)25(32)27(22,26)36-16-19-12-8-9-13-20(19)21(28-34-3)24(31)33-2/h5-13,22H,14-17H2,1-4H3. The van der Waals surface area contributed by atoms with Crippen LogP contribution < -0.4 is 0 Å². The fourth-order valence-electron chi connectivity index (χ4n) is 5.26. The van der Waals surface area contributed by atoms with E-state index in [2.05, 4.69) is 5.16 Å². The highest BCUT2D eigenvalue weighted by Gasteiger charge is 2.85. The van der Waals surface area contributed by atoms with Crippen molar-refractivity contribution in [1.82, 2.24) is 4.90 Å². The maximum absolute atomic E-state index is 13.8. The first kappa shape index (κ1) is 26.3. The molecule has 0 spiro atoms. The lowest BCUT2D eigenvalue weighted by atomic mass is 10.0. The number of ether oxygens (including phenoxy) is 1. The van der Waals surface area contributed by atoms with E-state index in [0.717, 1.165) is 16.9 Å². The molecule has 190 valence electrons. The Kier molecular flexibility index (Phi) is 7.80. The normalized spacial score (nSPS) is 25.1. The van der Waals surface area contributed by atoms with Gasteiger partial charge in [-0.05, 0) is 23.8 Å². The van der Waals surface area contributed by atoms with Gasteiger partial charge in [0.25, 0.3) is 0 Å². The molecule has 1 heterocycles. The molecule has 9 heteroatoms. The number of amides is 2. The van der Waals surface area contributed by atoms with Crippen molar-refractivity contribution < 1.29 is 24.0 Å². The molecule has 2 aromatic carbocycles. The zero-order valence-electron chi connectivity index (χ0n) is 20.9. The minimum absolute atomic E-state index is 0.0613. The monoisotopic (exact) mass is 526 g/mol. The third kappa shape index (κ3) is 4.32. The first-order valence-corrected chi connectivity index (χ1v) is 14.0. The van der Waals surface area contributed by atoms with E-state index >= 15 is 0 Å². The summed E-state index contributed by atoms with van der Waals surface area (Å²) in [6.45, 7) is 2.42.